The molecule has 1 saturated carbocycles. The minimum atomic E-state index is 0.841. The van der Waals surface area contributed by atoms with Crippen LogP contribution < -0.4 is 5.32 Å². The van der Waals surface area contributed by atoms with Gasteiger partial charge in [0.2, 0.25) is 0 Å². The fraction of sp³-hybridized carbons (Fsp3) is 0.533. The van der Waals surface area contributed by atoms with Gasteiger partial charge in [-0.05, 0) is 49.3 Å². The maximum atomic E-state index is 4.66. The summed E-state index contributed by atoms with van der Waals surface area (Å²) in [5.74, 6) is 1.75. The number of fused-ring (bicyclic) bond motifs is 1. The van der Waals surface area contributed by atoms with Gasteiger partial charge >= 0.3 is 0 Å². The molecule has 2 nitrogen and oxygen atoms in total. The second-order valence-corrected chi connectivity index (χ2v) is 6.69. The number of aryl methyl sites for hydroxylation is 1. The SMILES string of the molecule is Cc1ccc2sc(NCC3CCC(C)C3)nc2c1. The van der Waals surface area contributed by atoms with Crippen molar-refractivity contribution in [2.45, 2.75) is 33.1 Å². The van der Waals surface area contributed by atoms with Gasteiger partial charge in [0, 0.05) is 6.54 Å². The molecule has 1 aliphatic carbocycles. The largest absolute Gasteiger partial charge is 0.361 e. The van der Waals surface area contributed by atoms with Crippen LogP contribution in [0.15, 0.2) is 18.2 Å². The van der Waals surface area contributed by atoms with Crippen LogP contribution in [0.2, 0.25) is 0 Å². The number of anilines is 1. The smallest absolute Gasteiger partial charge is 0.183 e. The van der Waals surface area contributed by atoms with E-state index in [4.69, 9.17) is 0 Å². The summed E-state index contributed by atoms with van der Waals surface area (Å²) in [7, 11) is 0. The molecule has 3 heteroatoms. The van der Waals surface area contributed by atoms with Gasteiger partial charge in [0.25, 0.3) is 0 Å². The molecule has 1 fully saturated rings. The summed E-state index contributed by atoms with van der Waals surface area (Å²) in [5, 5.41) is 4.60. The van der Waals surface area contributed by atoms with Crippen molar-refractivity contribution in [3.63, 3.8) is 0 Å². The first kappa shape index (κ1) is 12.0. The lowest BCUT2D eigenvalue weighted by Crippen LogP contribution is -2.11. The molecule has 0 bridgehead atoms. The van der Waals surface area contributed by atoms with Crippen LogP contribution in [-0.2, 0) is 0 Å². The number of thiazole rings is 1. The predicted octanol–water partition coefficient (Wildman–Crippen LogP) is 4.45. The first-order chi connectivity index (χ1) is 8.70. The van der Waals surface area contributed by atoms with Crippen molar-refractivity contribution in [3.8, 4) is 0 Å². The topological polar surface area (TPSA) is 24.9 Å². The summed E-state index contributed by atoms with van der Waals surface area (Å²) >= 11 is 1.77. The van der Waals surface area contributed by atoms with Crippen LogP contribution in [0, 0.1) is 18.8 Å². The highest BCUT2D eigenvalue weighted by Crippen LogP contribution is 2.31. The summed E-state index contributed by atoms with van der Waals surface area (Å²) < 4.78 is 1.28. The number of hydrogen-bond donors (Lipinski definition) is 1. The molecular weight excluding hydrogens is 240 g/mol. The van der Waals surface area contributed by atoms with Gasteiger partial charge in [-0.3, -0.25) is 0 Å². The predicted molar refractivity (Wildman–Crippen MR) is 79.4 cm³/mol. The molecule has 2 unspecified atom stereocenters. The van der Waals surface area contributed by atoms with Crippen molar-refractivity contribution in [3.05, 3.63) is 23.8 Å². The monoisotopic (exact) mass is 260 g/mol. The van der Waals surface area contributed by atoms with Crippen molar-refractivity contribution in [2.24, 2.45) is 11.8 Å². The van der Waals surface area contributed by atoms with Gasteiger partial charge in [0.15, 0.2) is 5.13 Å². The van der Waals surface area contributed by atoms with Gasteiger partial charge in [-0.25, -0.2) is 4.98 Å². The lowest BCUT2D eigenvalue weighted by Gasteiger charge is -2.09. The molecule has 1 heterocycles. The molecule has 2 atom stereocenters. The molecule has 2 aromatic rings. The third-order valence-corrected chi connectivity index (χ3v) is 4.88. The summed E-state index contributed by atoms with van der Waals surface area (Å²) in [4.78, 5) is 4.66. The lowest BCUT2D eigenvalue weighted by atomic mass is 10.1. The van der Waals surface area contributed by atoms with Crippen molar-refractivity contribution in [1.82, 2.24) is 4.98 Å². The van der Waals surface area contributed by atoms with E-state index < -0.39 is 0 Å². The Morgan fingerprint density at radius 3 is 3.06 bits per heavy atom. The molecule has 0 amide bonds. The molecule has 18 heavy (non-hydrogen) atoms. The molecular formula is C15H20N2S. The van der Waals surface area contributed by atoms with E-state index in [9.17, 15) is 0 Å². The number of aromatic nitrogens is 1. The van der Waals surface area contributed by atoms with Crippen LogP contribution in [0.1, 0.15) is 31.7 Å². The summed E-state index contributed by atoms with van der Waals surface area (Å²) in [5.41, 5.74) is 2.41. The number of nitrogens with one attached hydrogen (secondary N) is 1. The fourth-order valence-electron chi connectivity index (χ4n) is 2.86. The normalized spacial score (nSPS) is 23.7. The highest BCUT2D eigenvalue weighted by molar-refractivity contribution is 7.22. The van der Waals surface area contributed by atoms with Crippen molar-refractivity contribution >= 4 is 26.7 Å². The van der Waals surface area contributed by atoms with E-state index >= 15 is 0 Å². The maximum absolute atomic E-state index is 4.66. The Kier molecular flexibility index (Phi) is 3.25. The first-order valence-corrected chi connectivity index (χ1v) is 7.63. The van der Waals surface area contributed by atoms with Crippen molar-refractivity contribution in [2.75, 3.05) is 11.9 Å². The van der Waals surface area contributed by atoms with Crippen LogP contribution in [0.5, 0.6) is 0 Å². The number of nitrogens with zero attached hydrogens (tertiary/aromatic N) is 1. The summed E-state index contributed by atoms with van der Waals surface area (Å²) in [6, 6.07) is 6.49. The summed E-state index contributed by atoms with van der Waals surface area (Å²) in [6.45, 7) is 5.56. The maximum Gasteiger partial charge on any atom is 0.183 e. The highest BCUT2D eigenvalue weighted by atomic mass is 32.1. The van der Waals surface area contributed by atoms with E-state index in [0.29, 0.717) is 0 Å². The quantitative estimate of drug-likeness (QED) is 0.881. The van der Waals surface area contributed by atoms with E-state index in [1.54, 1.807) is 11.3 Å². The van der Waals surface area contributed by atoms with Gasteiger partial charge in [-0.2, -0.15) is 0 Å². The Balaban J connectivity index is 1.67. The molecule has 1 N–H and O–H groups in total. The van der Waals surface area contributed by atoms with Crippen LogP contribution >= 0.6 is 11.3 Å². The molecule has 1 aromatic heterocycles. The number of benzene rings is 1. The Labute approximate surface area is 112 Å². The Bertz CT molecular complexity index is 546. The minimum Gasteiger partial charge on any atom is -0.361 e. The Morgan fingerprint density at radius 1 is 1.39 bits per heavy atom. The highest BCUT2D eigenvalue weighted by Gasteiger charge is 2.21. The molecule has 0 saturated heterocycles. The van der Waals surface area contributed by atoms with Crippen LogP contribution in [-0.4, -0.2) is 11.5 Å². The molecule has 1 aliphatic rings. The van der Waals surface area contributed by atoms with Crippen LogP contribution in [0.4, 0.5) is 5.13 Å². The van der Waals surface area contributed by atoms with Gasteiger partial charge < -0.3 is 5.32 Å². The number of hydrogen-bond acceptors (Lipinski definition) is 3. The van der Waals surface area contributed by atoms with Gasteiger partial charge in [-0.1, -0.05) is 30.7 Å². The average molecular weight is 260 g/mol. The van der Waals surface area contributed by atoms with E-state index in [1.807, 2.05) is 0 Å². The van der Waals surface area contributed by atoms with Crippen molar-refractivity contribution in [1.29, 1.82) is 0 Å². The molecule has 0 aliphatic heterocycles. The lowest BCUT2D eigenvalue weighted by molar-refractivity contribution is 0.537. The molecule has 0 spiro atoms. The Hall–Kier alpha value is -1.09. The molecule has 96 valence electrons. The zero-order valence-electron chi connectivity index (χ0n) is 11.1. The van der Waals surface area contributed by atoms with E-state index in [1.165, 1.54) is 29.5 Å². The molecule has 3 rings (SSSR count). The van der Waals surface area contributed by atoms with E-state index in [2.05, 4.69) is 42.3 Å². The zero-order chi connectivity index (χ0) is 12.5. The van der Waals surface area contributed by atoms with Crippen LogP contribution in [0.25, 0.3) is 10.2 Å². The zero-order valence-corrected chi connectivity index (χ0v) is 11.9. The fourth-order valence-corrected chi connectivity index (χ4v) is 3.71. The second-order valence-electron chi connectivity index (χ2n) is 5.66. The number of rotatable bonds is 3. The molecule has 0 radical (unpaired) electrons. The van der Waals surface area contributed by atoms with Gasteiger partial charge in [-0.15, -0.1) is 0 Å². The van der Waals surface area contributed by atoms with E-state index in [-0.39, 0.29) is 0 Å². The van der Waals surface area contributed by atoms with Crippen molar-refractivity contribution < 1.29 is 0 Å². The van der Waals surface area contributed by atoms with Gasteiger partial charge in [0.05, 0.1) is 10.2 Å². The summed E-state index contributed by atoms with van der Waals surface area (Å²) in [6.07, 6.45) is 4.14. The second kappa shape index (κ2) is 4.88. The third kappa shape index (κ3) is 2.51. The average Bonchev–Trinajstić information content (AvgIpc) is 2.92. The van der Waals surface area contributed by atoms with Gasteiger partial charge in [0.1, 0.15) is 0 Å². The third-order valence-electron chi connectivity index (χ3n) is 3.89. The minimum absolute atomic E-state index is 0.841. The van der Waals surface area contributed by atoms with Crippen LogP contribution in [0.3, 0.4) is 0 Å². The Morgan fingerprint density at radius 2 is 2.28 bits per heavy atom. The molecule has 1 aromatic carbocycles. The standard InChI is InChI=1S/C15H20N2S/c1-10-3-5-12(7-10)9-16-15-17-13-8-11(2)4-6-14(13)18-15/h4,6,8,10,12H,3,5,7,9H2,1-2H3,(H,16,17). The first-order valence-electron chi connectivity index (χ1n) is 6.82. The van der Waals surface area contributed by atoms with E-state index in [0.717, 1.165) is 29.0 Å².